The number of rotatable bonds is 4. The third kappa shape index (κ3) is 3.36. The fourth-order valence-corrected chi connectivity index (χ4v) is 3.77. The number of hydrogen-bond acceptors (Lipinski definition) is 5. The zero-order valence-electron chi connectivity index (χ0n) is 17.7. The van der Waals surface area contributed by atoms with Crippen LogP contribution in [0.3, 0.4) is 0 Å². The molecule has 0 spiro atoms. The maximum atomic E-state index is 13.7. The lowest BCUT2D eigenvalue weighted by atomic mass is 9.98. The fraction of sp³-hybridized carbons (Fsp3) is 0.160. The van der Waals surface area contributed by atoms with E-state index in [2.05, 4.69) is 0 Å². The van der Waals surface area contributed by atoms with Gasteiger partial charge in [0.15, 0.2) is 5.76 Å². The monoisotopic (exact) mass is 430 g/mol. The van der Waals surface area contributed by atoms with Crippen LogP contribution in [-0.4, -0.2) is 15.5 Å². The number of hydrogen-bond donors (Lipinski definition) is 1. The Morgan fingerprint density at radius 2 is 1.81 bits per heavy atom. The minimum Gasteiger partial charge on any atom is -0.494 e. The summed E-state index contributed by atoms with van der Waals surface area (Å²) >= 11 is 0. The second-order valence-corrected chi connectivity index (χ2v) is 7.71. The summed E-state index contributed by atoms with van der Waals surface area (Å²) in [5.74, 6) is -1.81. The zero-order valence-corrected chi connectivity index (χ0v) is 17.7. The molecule has 2 heterocycles. The summed E-state index contributed by atoms with van der Waals surface area (Å²) in [4.78, 5) is 26.3. The zero-order chi connectivity index (χ0) is 23.2. The van der Waals surface area contributed by atoms with Crippen LogP contribution in [0.4, 0.5) is 4.39 Å². The van der Waals surface area contributed by atoms with Crippen molar-refractivity contribution in [3.63, 3.8) is 0 Å². The lowest BCUT2D eigenvalue weighted by Crippen LogP contribution is -2.27. The van der Waals surface area contributed by atoms with E-state index in [-0.39, 0.29) is 29.0 Å². The summed E-state index contributed by atoms with van der Waals surface area (Å²) in [6.07, 6.45) is 0. The minimum atomic E-state index is -0.692. The van der Waals surface area contributed by atoms with Gasteiger partial charge in [0.05, 0.1) is 12.1 Å². The number of furan rings is 1. The number of carbonyl (C=O) groups excluding carboxylic acids is 1. The van der Waals surface area contributed by atoms with Crippen LogP contribution in [0.15, 0.2) is 51.7 Å². The third-order valence-electron chi connectivity index (χ3n) is 5.59. The Balaban J connectivity index is 1.91. The van der Waals surface area contributed by atoms with Crippen molar-refractivity contribution in [1.29, 1.82) is 5.26 Å². The molecule has 0 saturated carbocycles. The molecule has 0 bridgehead atoms. The summed E-state index contributed by atoms with van der Waals surface area (Å²) < 4.78 is 20.3. The Kier molecular flexibility index (Phi) is 5.15. The number of aromatic nitrogens is 1. The standard InChI is InChI=1S/C25H19FN2O4/c1-13-4-6-16(7-5-13)12-28-24(30)19(11-27)14(2)21(25(28)31)22(29)23-15(3)18-10-17(26)8-9-20(18)32-23/h4-10,31H,12H2,1-3H3. The number of aryl methyl sites for hydroxylation is 2. The Hall–Kier alpha value is -4.18. The molecule has 6 nitrogen and oxygen atoms in total. The molecule has 1 N–H and O–H groups in total. The van der Waals surface area contributed by atoms with Crippen molar-refractivity contribution in [3.05, 3.63) is 97.8 Å². The van der Waals surface area contributed by atoms with Gasteiger partial charge in [-0.3, -0.25) is 14.2 Å². The van der Waals surface area contributed by atoms with E-state index in [0.717, 1.165) is 15.7 Å². The van der Waals surface area contributed by atoms with Crippen LogP contribution < -0.4 is 5.56 Å². The number of benzene rings is 2. The molecule has 4 aromatic rings. The van der Waals surface area contributed by atoms with Gasteiger partial charge in [-0.15, -0.1) is 0 Å². The Labute approximate surface area is 182 Å². The maximum absolute atomic E-state index is 13.7. The molecule has 4 rings (SSSR count). The second kappa shape index (κ2) is 7.82. The molecule has 0 saturated heterocycles. The largest absolute Gasteiger partial charge is 0.494 e. The molecule has 0 aliphatic rings. The number of nitrogens with zero attached hydrogens (tertiary/aromatic N) is 2. The molecular weight excluding hydrogens is 411 g/mol. The van der Waals surface area contributed by atoms with Gasteiger partial charge in [-0.1, -0.05) is 29.8 Å². The van der Waals surface area contributed by atoms with E-state index in [9.17, 15) is 24.3 Å². The average Bonchev–Trinajstić information content (AvgIpc) is 3.08. The first-order valence-corrected chi connectivity index (χ1v) is 9.88. The van der Waals surface area contributed by atoms with Gasteiger partial charge in [-0.05, 0) is 50.1 Å². The van der Waals surface area contributed by atoms with Crippen LogP contribution >= 0.6 is 0 Å². The van der Waals surface area contributed by atoms with E-state index >= 15 is 0 Å². The number of aromatic hydroxyl groups is 1. The predicted octanol–water partition coefficient (Wildman–Crippen LogP) is 4.52. The van der Waals surface area contributed by atoms with E-state index in [1.54, 1.807) is 19.1 Å². The van der Waals surface area contributed by atoms with Crippen LogP contribution in [0.5, 0.6) is 5.88 Å². The first kappa shape index (κ1) is 21.1. The van der Waals surface area contributed by atoms with Gasteiger partial charge in [0.2, 0.25) is 11.7 Å². The quantitative estimate of drug-likeness (QED) is 0.481. The Morgan fingerprint density at radius 3 is 2.47 bits per heavy atom. The van der Waals surface area contributed by atoms with Crippen molar-refractivity contribution in [2.75, 3.05) is 0 Å². The van der Waals surface area contributed by atoms with E-state index in [0.29, 0.717) is 16.5 Å². The number of carbonyl (C=O) groups is 1. The first-order chi connectivity index (χ1) is 15.2. The molecule has 7 heteroatoms. The van der Waals surface area contributed by atoms with Gasteiger partial charge >= 0.3 is 0 Å². The SMILES string of the molecule is Cc1ccc(Cn2c(O)c(C(=O)c3oc4ccc(F)cc4c3C)c(C)c(C#N)c2=O)cc1. The van der Waals surface area contributed by atoms with Crippen molar-refractivity contribution in [2.45, 2.75) is 27.3 Å². The van der Waals surface area contributed by atoms with Crippen molar-refractivity contribution in [2.24, 2.45) is 0 Å². The third-order valence-corrected chi connectivity index (χ3v) is 5.59. The highest BCUT2D eigenvalue weighted by molar-refractivity contribution is 6.12. The van der Waals surface area contributed by atoms with Gasteiger partial charge in [0, 0.05) is 10.9 Å². The molecule has 0 aliphatic carbocycles. The summed E-state index contributed by atoms with van der Waals surface area (Å²) in [7, 11) is 0. The number of ketones is 1. The first-order valence-electron chi connectivity index (χ1n) is 9.88. The van der Waals surface area contributed by atoms with Crippen LogP contribution in [0.25, 0.3) is 11.0 Å². The summed E-state index contributed by atoms with van der Waals surface area (Å²) in [6.45, 7) is 4.94. The molecule has 0 fully saturated rings. The van der Waals surface area contributed by atoms with Gasteiger partial charge in [0.25, 0.3) is 5.56 Å². The second-order valence-electron chi connectivity index (χ2n) is 7.71. The molecular formula is C25H19FN2O4. The highest BCUT2D eigenvalue weighted by Crippen LogP contribution is 2.31. The van der Waals surface area contributed by atoms with E-state index in [4.69, 9.17) is 4.42 Å². The van der Waals surface area contributed by atoms with Gasteiger partial charge in [-0.2, -0.15) is 5.26 Å². The number of fused-ring (bicyclic) bond motifs is 1. The highest BCUT2D eigenvalue weighted by atomic mass is 19.1. The van der Waals surface area contributed by atoms with Crippen molar-refractivity contribution in [3.8, 4) is 11.9 Å². The smallest absolute Gasteiger partial charge is 0.271 e. The Bertz CT molecular complexity index is 1490. The minimum absolute atomic E-state index is 0.0233. The molecule has 0 aliphatic heterocycles. The van der Waals surface area contributed by atoms with Gasteiger partial charge in [-0.25, -0.2) is 4.39 Å². The topological polar surface area (TPSA) is 96.2 Å². The van der Waals surface area contributed by atoms with Crippen molar-refractivity contribution in [1.82, 2.24) is 4.57 Å². The Morgan fingerprint density at radius 1 is 1.12 bits per heavy atom. The molecule has 0 unspecified atom stereocenters. The van der Waals surface area contributed by atoms with Crippen molar-refractivity contribution >= 4 is 16.8 Å². The molecule has 2 aromatic heterocycles. The number of nitriles is 1. The van der Waals surface area contributed by atoms with Crippen LogP contribution in [0.2, 0.25) is 0 Å². The molecule has 0 atom stereocenters. The number of pyridine rings is 1. The van der Waals surface area contributed by atoms with E-state index in [1.165, 1.54) is 25.1 Å². The fourth-order valence-electron chi connectivity index (χ4n) is 3.77. The maximum Gasteiger partial charge on any atom is 0.271 e. The van der Waals surface area contributed by atoms with Gasteiger partial charge < -0.3 is 9.52 Å². The predicted molar refractivity (Wildman–Crippen MR) is 116 cm³/mol. The summed E-state index contributed by atoms with van der Waals surface area (Å²) in [5, 5.41) is 21.0. The average molecular weight is 430 g/mol. The normalized spacial score (nSPS) is 11.0. The van der Waals surface area contributed by atoms with Gasteiger partial charge in [0.1, 0.15) is 23.0 Å². The van der Waals surface area contributed by atoms with Crippen LogP contribution in [0.1, 0.15) is 43.9 Å². The van der Waals surface area contributed by atoms with E-state index in [1.807, 2.05) is 25.1 Å². The number of halogens is 1. The molecule has 0 amide bonds. The molecule has 32 heavy (non-hydrogen) atoms. The lowest BCUT2D eigenvalue weighted by Gasteiger charge is -2.15. The van der Waals surface area contributed by atoms with Crippen molar-refractivity contribution < 1.29 is 18.7 Å². The molecule has 0 radical (unpaired) electrons. The van der Waals surface area contributed by atoms with E-state index < -0.39 is 23.0 Å². The molecule has 2 aromatic carbocycles. The summed E-state index contributed by atoms with van der Waals surface area (Å²) in [5.41, 5.74) is 1.40. The summed E-state index contributed by atoms with van der Waals surface area (Å²) in [6, 6.07) is 13.1. The highest BCUT2D eigenvalue weighted by Gasteiger charge is 2.28. The van der Waals surface area contributed by atoms with Crippen LogP contribution in [-0.2, 0) is 6.54 Å². The molecule has 160 valence electrons. The lowest BCUT2D eigenvalue weighted by molar-refractivity contribution is 0.101. The van der Waals surface area contributed by atoms with Crippen LogP contribution in [0, 0.1) is 37.9 Å².